The van der Waals surface area contributed by atoms with Crippen LogP contribution in [0.4, 0.5) is 4.39 Å². The lowest BCUT2D eigenvalue weighted by molar-refractivity contribution is 0.150. The summed E-state index contributed by atoms with van der Waals surface area (Å²) in [6, 6.07) is 7.13. The molecule has 1 unspecified atom stereocenters. The van der Waals surface area contributed by atoms with Gasteiger partial charge in [-0.1, -0.05) is 31.4 Å². The molecule has 1 aromatic rings. The van der Waals surface area contributed by atoms with Gasteiger partial charge in [0, 0.05) is 11.6 Å². The molecule has 1 aromatic carbocycles. The maximum absolute atomic E-state index is 13.2. The summed E-state index contributed by atoms with van der Waals surface area (Å²) in [5, 5.41) is 13.3. The van der Waals surface area contributed by atoms with Crippen molar-refractivity contribution >= 4 is 0 Å². The minimum absolute atomic E-state index is 0.0695. The van der Waals surface area contributed by atoms with Crippen molar-refractivity contribution < 1.29 is 9.50 Å². The number of hydrogen-bond acceptors (Lipinski definition) is 2. The largest absolute Gasteiger partial charge is 0.394 e. The third-order valence-electron chi connectivity index (χ3n) is 3.99. The van der Waals surface area contributed by atoms with Crippen LogP contribution >= 0.6 is 0 Å². The van der Waals surface area contributed by atoms with Crippen LogP contribution < -0.4 is 5.32 Å². The topological polar surface area (TPSA) is 32.3 Å². The Morgan fingerprint density at radius 2 is 2.05 bits per heavy atom. The molecule has 3 heteroatoms. The van der Waals surface area contributed by atoms with Gasteiger partial charge in [0.25, 0.3) is 0 Å². The summed E-state index contributed by atoms with van der Waals surface area (Å²) in [6.07, 6.45) is 6.85. The average molecular weight is 265 g/mol. The highest BCUT2D eigenvalue weighted by Crippen LogP contribution is 2.22. The van der Waals surface area contributed by atoms with Gasteiger partial charge >= 0.3 is 0 Å². The molecule has 0 amide bonds. The lowest BCUT2D eigenvalue weighted by atomic mass is 9.88. The molecule has 1 aliphatic carbocycles. The van der Waals surface area contributed by atoms with E-state index < -0.39 is 0 Å². The molecule has 0 aromatic heterocycles. The molecular formula is C16H24FNO. The second-order valence-electron chi connectivity index (χ2n) is 6.00. The third-order valence-corrected chi connectivity index (χ3v) is 3.99. The van der Waals surface area contributed by atoms with Crippen molar-refractivity contribution in [2.45, 2.75) is 57.0 Å². The van der Waals surface area contributed by atoms with E-state index in [1.54, 1.807) is 12.1 Å². The average Bonchev–Trinajstić information content (AvgIpc) is 2.40. The summed E-state index contributed by atoms with van der Waals surface area (Å²) < 4.78 is 13.2. The van der Waals surface area contributed by atoms with Crippen molar-refractivity contribution in [2.24, 2.45) is 0 Å². The second-order valence-corrected chi connectivity index (χ2v) is 6.00. The molecule has 1 saturated carbocycles. The Morgan fingerprint density at radius 1 is 1.32 bits per heavy atom. The molecule has 0 radical (unpaired) electrons. The number of nitrogens with one attached hydrogen (secondary N) is 1. The van der Waals surface area contributed by atoms with Crippen LogP contribution in [-0.2, 0) is 6.42 Å². The van der Waals surface area contributed by atoms with Crippen LogP contribution in [0.2, 0.25) is 0 Å². The second kappa shape index (κ2) is 6.49. The standard InChI is InChI=1S/C16H24FNO/c1-16(12-19,18-15-8-3-2-4-9-15)11-13-6-5-7-14(17)10-13/h5-7,10,15,18-19H,2-4,8-9,11-12H2,1H3. The number of aliphatic hydroxyl groups excluding tert-OH is 1. The number of benzene rings is 1. The van der Waals surface area contributed by atoms with Crippen LogP contribution in [0.3, 0.4) is 0 Å². The highest BCUT2D eigenvalue weighted by atomic mass is 19.1. The molecule has 0 heterocycles. The molecule has 1 aliphatic rings. The fourth-order valence-electron chi connectivity index (χ4n) is 2.99. The van der Waals surface area contributed by atoms with E-state index in [0.29, 0.717) is 12.5 Å². The highest BCUT2D eigenvalue weighted by Gasteiger charge is 2.27. The monoisotopic (exact) mass is 265 g/mol. The van der Waals surface area contributed by atoms with E-state index in [2.05, 4.69) is 5.32 Å². The van der Waals surface area contributed by atoms with Crippen molar-refractivity contribution in [3.63, 3.8) is 0 Å². The highest BCUT2D eigenvalue weighted by molar-refractivity contribution is 5.19. The molecule has 0 saturated heterocycles. The van der Waals surface area contributed by atoms with E-state index in [-0.39, 0.29) is 18.0 Å². The van der Waals surface area contributed by atoms with Crippen LogP contribution in [0.15, 0.2) is 24.3 Å². The van der Waals surface area contributed by atoms with E-state index in [4.69, 9.17) is 0 Å². The van der Waals surface area contributed by atoms with Gasteiger partial charge in [0.05, 0.1) is 6.61 Å². The van der Waals surface area contributed by atoms with Crippen molar-refractivity contribution in [1.29, 1.82) is 0 Å². The predicted molar refractivity (Wildman–Crippen MR) is 75.6 cm³/mol. The number of aliphatic hydroxyl groups is 1. The molecule has 2 nitrogen and oxygen atoms in total. The zero-order valence-corrected chi connectivity index (χ0v) is 11.7. The number of rotatable bonds is 5. The maximum Gasteiger partial charge on any atom is 0.123 e. The fourth-order valence-corrected chi connectivity index (χ4v) is 2.99. The Labute approximate surface area is 115 Å². The number of hydrogen-bond donors (Lipinski definition) is 2. The smallest absolute Gasteiger partial charge is 0.123 e. The maximum atomic E-state index is 13.2. The van der Waals surface area contributed by atoms with Gasteiger partial charge in [0.15, 0.2) is 0 Å². The Morgan fingerprint density at radius 3 is 2.68 bits per heavy atom. The minimum Gasteiger partial charge on any atom is -0.394 e. The lowest BCUT2D eigenvalue weighted by Crippen LogP contribution is -2.52. The summed E-state index contributed by atoms with van der Waals surface area (Å²) in [6.45, 7) is 2.09. The Bertz CT molecular complexity index is 403. The van der Waals surface area contributed by atoms with Gasteiger partial charge in [-0.2, -0.15) is 0 Å². The van der Waals surface area contributed by atoms with Crippen molar-refractivity contribution in [1.82, 2.24) is 5.32 Å². The molecule has 106 valence electrons. The van der Waals surface area contributed by atoms with Gasteiger partial charge in [-0.25, -0.2) is 4.39 Å². The Kier molecular flexibility index (Phi) is 4.94. The van der Waals surface area contributed by atoms with E-state index in [1.165, 1.54) is 38.2 Å². The van der Waals surface area contributed by atoms with Crippen molar-refractivity contribution in [3.8, 4) is 0 Å². The SMILES string of the molecule is CC(CO)(Cc1cccc(F)c1)NC1CCCCC1. The summed E-state index contributed by atoms with van der Waals surface area (Å²) in [5.74, 6) is -0.213. The first-order valence-corrected chi connectivity index (χ1v) is 7.24. The van der Waals surface area contributed by atoms with Gasteiger partial charge in [0.1, 0.15) is 5.82 Å². The van der Waals surface area contributed by atoms with Gasteiger partial charge in [-0.15, -0.1) is 0 Å². The molecule has 19 heavy (non-hydrogen) atoms. The van der Waals surface area contributed by atoms with Gasteiger partial charge < -0.3 is 10.4 Å². The summed E-state index contributed by atoms with van der Waals surface area (Å²) in [7, 11) is 0. The normalized spacial score (nSPS) is 20.2. The molecule has 0 spiro atoms. The van der Waals surface area contributed by atoms with Crippen LogP contribution in [-0.4, -0.2) is 23.3 Å². The quantitative estimate of drug-likeness (QED) is 0.857. The molecule has 2 N–H and O–H groups in total. The van der Waals surface area contributed by atoms with E-state index in [1.807, 2.05) is 13.0 Å². The first-order valence-electron chi connectivity index (χ1n) is 7.24. The summed E-state index contributed by atoms with van der Waals surface area (Å²) in [4.78, 5) is 0. The lowest BCUT2D eigenvalue weighted by Gasteiger charge is -2.35. The molecule has 1 atom stereocenters. The molecule has 0 aliphatic heterocycles. The van der Waals surface area contributed by atoms with Gasteiger partial charge in [-0.3, -0.25) is 0 Å². The summed E-state index contributed by atoms with van der Waals surface area (Å²) >= 11 is 0. The van der Waals surface area contributed by atoms with Crippen LogP contribution in [0.5, 0.6) is 0 Å². The first kappa shape index (κ1) is 14.5. The van der Waals surface area contributed by atoms with E-state index in [9.17, 15) is 9.50 Å². The van der Waals surface area contributed by atoms with Gasteiger partial charge in [-0.05, 0) is 43.9 Å². The van der Waals surface area contributed by atoms with E-state index >= 15 is 0 Å². The molecule has 1 fully saturated rings. The predicted octanol–water partition coefficient (Wildman–Crippen LogP) is 3.04. The Hall–Kier alpha value is -0.930. The molecule has 2 rings (SSSR count). The number of halogens is 1. The zero-order chi connectivity index (χ0) is 13.7. The molecule has 0 bridgehead atoms. The fraction of sp³-hybridized carbons (Fsp3) is 0.625. The van der Waals surface area contributed by atoms with Crippen molar-refractivity contribution in [3.05, 3.63) is 35.6 Å². The van der Waals surface area contributed by atoms with Crippen molar-refractivity contribution in [2.75, 3.05) is 6.61 Å². The molecular weight excluding hydrogens is 241 g/mol. The summed E-state index contributed by atoms with van der Waals surface area (Å²) in [5.41, 5.74) is 0.565. The van der Waals surface area contributed by atoms with E-state index in [0.717, 1.165) is 5.56 Å². The van der Waals surface area contributed by atoms with Gasteiger partial charge in [0.2, 0.25) is 0 Å². The minimum atomic E-state index is -0.365. The zero-order valence-electron chi connectivity index (χ0n) is 11.7. The van der Waals surface area contributed by atoms with Crippen LogP contribution in [0, 0.1) is 5.82 Å². The Balaban J connectivity index is 2.00. The van der Waals surface area contributed by atoms with Crippen LogP contribution in [0.25, 0.3) is 0 Å². The first-order chi connectivity index (χ1) is 9.11. The third kappa shape index (κ3) is 4.29. The van der Waals surface area contributed by atoms with Crippen LogP contribution in [0.1, 0.15) is 44.6 Å².